The van der Waals surface area contributed by atoms with Gasteiger partial charge in [-0.15, -0.1) is 0 Å². The van der Waals surface area contributed by atoms with Gasteiger partial charge >= 0.3 is 5.72 Å². The summed E-state index contributed by atoms with van der Waals surface area (Å²) in [5.41, 5.74) is -1.35. The summed E-state index contributed by atoms with van der Waals surface area (Å²) in [5, 5.41) is 16.0. The Morgan fingerprint density at radius 2 is 1.68 bits per heavy atom. The molecule has 1 N–H and O–H groups in total. The molecular formula is C26H42N2O9Si. The predicted molar refractivity (Wildman–Crippen MR) is 142 cm³/mol. The van der Waals surface area contributed by atoms with E-state index >= 15 is 0 Å². The molecule has 0 radical (unpaired) electrons. The van der Waals surface area contributed by atoms with Gasteiger partial charge in [0, 0.05) is 5.69 Å². The van der Waals surface area contributed by atoms with Gasteiger partial charge in [-0.05, 0) is 70.1 Å². The van der Waals surface area contributed by atoms with Crippen LogP contribution in [0.1, 0.15) is 48.5 Å². The maximum absolute atomic E-state index is 12.7. The normalized spacial score (nSPS) is 33.1. The van der Waals surface area contributed by atoms with Gasteiger partial charge in [-0.2, -0.15) is 0 Å². The summed E-state index contributed by atoms with van der Waals surface area (Å²) in [5.74, 6) is -1.44. The van der Waals surface area contributed by atoms with E-state index in [1.54, 1.807) is 45.2 Å². The van der Waals surface area contributed by atoms with Gasteiger partial charge in [0.05, 0.1) is 12.0 Å². The van der Waals surface area contributed by atoms with Crippen LogP contribution in [0.4, 0.5) is 5.69 Å². The SMILES string of the molecule is COc1ccc(NC([C@H]2O[C@H](O[Si](C)(C)C(C)(C)C)[C@H]3OC(C)(C)O[C@H]32)C2([N+](=O)[O-])COC(C)(C)O2)cc1. The average Bonchev–Trinajstić information content (AvgIpc) is 3.40. The van der Waals surface area contributed by atoms with Crippen molar-refractivity contribution in [2.24, 2.45) is 0 Å². The number of benzene rings is 1. The Morgan fingerprint density at radius 1 is 1.08 bits per heavy atom. The summed E-state index contributed by atoms with van der Waals surface area (Å²) in [7, 11) is -0.729. The van der Waals surface area contributed by atoms with Crippen LogP contribution in [0.25, 0.3) is 0 Å². The Balaban J connectivity index is 1.76. The van der Waals surface area contributed by atoms with Crippen molar-refractivity contribution < 1.29 is 37.8 Å². The first-order valence-corrected chi connectivity index (χ1v) is 15.9. The first kappa shape index (κ1) is 29.2. The summed E-state index contributed by atoms with van der Waals surface area (Å²) in [6.07, 6.45) is -2.86. The zero-order chi connectivity index (χ0) is 28.3. The highest BCUT2D eigenvalue weighted by molar-refractivity contribution is 6.74. The standard InChI is InChI=1S/C26H42N2O9Si/c1-23(2,3)38(9,10)36-22-20-18(34-25(6,7)35-20)19(33-22)21(27-16-11-13-17(31-8)14-12-16)26(28(29)30)15-32-24(4,5)37-26/h11-14,18-22,27H,15H2,1-10H3/t18-,19-,20-,21?,22+,26?/m0/s1. The van der Waals surface area contributed by atoms with Crippen molar-refractivity contribution in [1.29, 1.82) is 0 Å². The van der Waals surface area contributed by atoms with Crippen molar-refractivity contribution in [3.63, 3.8) is 0 Å². The molecule has 3 fully saturated rings. The number of methoxy groups -OCH3 is 1. The summed E-state index contributed by atoms with van der Waals surface area (Å²) < 4.78 is 42.9. The van der Waals surface area contributed by atoms with E-state index in [4.69, 9.17) is 32.8 Å². The van der Waals surface area contributed by atoms with Crippen LogP contribution in [0.5, 0.6) is 5.75 Å². The lowest BCUT2D eigenvalue weighted by Gasteiger charge is -2.39. The second-order valence-electron chi connectivity index (χ2n) is 12.7. The van der Waals surface area contributed by atoms with Gasteiger partial charge in [0.15, 0.2) is 32.2 Å². The number of anilines is 1. The molecule has 0 bridgehead atoms. The molecule has 0 spiro atoms. The maximum atomic E-state index is 12.7. The van der Waals surface area contributed by atoms with Crippen LogP contribution in [-0.2, 0) is 28.1 Å². The average molecular weight is 555 g/mol. The minimum Gasteiger partial charge on any atom is -0.497 e. The number of ether oxygens (including phenoxy) is 6. The smallest absolute Gasteiger partial charge is 0.373 e. The molecular weight excluding hydrogens is 512 g/mol. The Bertz CT molecular complexity index is 1030. The molecule has 11 nitrogen and oxygen atoms in total. The zero-order valence-corrected chi connectivity index (χ0v) is 25.0. The summed E-state index contributed by atoms with van der Waals surface area (Å²) in [6.45, 7) is 17.3. The molecule has 214 valence electrons. The molecule has 2 unspecified atom stereocenters. The lowest BCUT2D eigenvalue weighted by molar-refractivity contribution is -0.629. The number of fused-ring (bicyclic) bond motifs is 1. The van der Waals surface area contributed by atoms with E-state index in [1.165, 1.54) is 0 Å². The minimum atomic E-state index is -2.30. The molecule has 0 aromatic heterocycles. The van der Waals surface area contributed by atoms with Crippen molar-refractivity contribution in [1.82, 2.24) is 0 Å². The molecule has 6 atom stereocenters. The molecule has 1 aromatic rings. The summed E-state index contributed by atoms with van der Waals surface area (Å²) >= 11 is 0. The summed E-state index contributed by atoms with van der Waals surface area (Å²) in [6, 6.07) is 6.09. The molecule has 38 heavy (non-hydrogen) atoms. The molecule has 3 heterocycles. The molecule has 3 saturated heterocycles. The number of nitrogens with one attached hydrogen (secondary N) is 1. The van der Waals surface area contributed by atoms with Gasteiger partial charge in [0.25, 0.3) is 0 Å². The van der Waals surface area contributed by atoms with E-state index in [-0.39, 0.29) is 11.6 Å². The van der Waals surface area contributed by atoms with Crippen molar-refractivity contribution in [2.75, 3.05) is 19.0 Å². The molecule has 12 heteroatoms. The van der Waals surface area contributed by atoms with Crippen molar-refractivity contribution in [3.05, 3.63) is 34.4 Å². The van der Waals surface area contributed by atoms with Gasteiger partial charge in [-0.3, -0.25) is 14.9 Å². The van der Waals surface area contributed by atoms with Crippen LogP contribution in [-0.4, -0.2) is 74.9 Å². The lowest BCUT2D eigenvalue weighted by Crippen LogP contribution is -2.63. The van der Waals surface area contributed by atoms with Crippen molar-refractivity contribution in [2.45, 2.75) is 115 Å². The molecule has 0 amide bonds. The molecule has 1 aromatic carbocycles. The molecule has 0 saturated carbocycles. The quantitative estimate of drug-likeness (QED) is 0.279. The third-order valence-corrected chi connectivity index (χ3v) is 12.3. The van der Waals surface area contributed by atoms with Crippen molar-refractivity contribution >= 4 is 14.0 Å². The topological polar surface area (TPSA) is 120 Å². The predicted octanol–water partition coefficient (Wildman–Crippen LogP) is 4.50. The van der Waals surface area contributed by atoms with Gasteiger partial charge in [0.1, 0.15) is 30.7 Å². The molecule has 4 rings (SSSR count). The second kappa shape index (κ2) is 9.68. The van der Waals surface area contributed by atoms with Crippen LogP contribution in [0.3, 0.4) is 0 Å². The highest BCUT2D eigenvalue weighted by Crippen LogP contribution is 2.47. The van der Waals surface area contributed by atoms with Crippen LogP contribution in [0.15, 0.2) is 24.3 Å². The first-order chi connectivity index (χ1) is 17.4. The zero-order valence-electron chi connectivity index (χ0n) is 24.0. The van der Waals surface area contributed by atoms with E-state index in [0.717, 1.165) is 0 Å². The fourth-order valence-corrected chi connectivity index (χ4v) is 5.98. The van der Waals surface area contributed by atoms with E-state index in [1.807, 2.05) is 13.8 Å². The van der Waals surface area contributed by atoms with Gasteiger partial charge in [-0.1, -0.05) is 20.8 Å². The van der Waals surface area contributed by atoms with Gasteiger partial charge in [0.2, 0.25) is 0 Å². The van der Waals surface area contributed by atoms with E-state index in [9.17, 15) is 10.1 Å². The molecule has 3 aliphatic rings. The van der Waals surface area contributed by atoms with E-state index in [0.29, 0.717) is 11.4 Å². The molecule has 0 aliphatic carbocycles. The fraction of sp³-hybridized carbons (Fsp3) is 0.769. The number of nitrogens with zero attached hydrogens (tertiary/aromatic N) is 1. The number of hydrogen-bond donors (Lipinski definition) is 1. The Labute approximate surface area is 225 Å². The van der Waals surface area contributed by atoms with Crippen LogP contribution >= 0.6 is 0 Å². The number of hydrogen-bond acceptors (Lipinski definition) is 10. The van der Waals surface area contributed by atoms with Crippen LogP contribution in [0.2, 0.25) is 18.1 Å². The largest absolute Gasteiger partial charge is 0.497 e. The van der Waals surface area contributed by atoms with Crippen LogP contribution in [0, 0.1) is 10.1 Å². The molecule has 3 aliphatic heterocycles. The third kappa shape index (κ3) is 5.44. The Hall–Kier alpha value is -1.80. The van der Waals surface area contributed by atoms with Gasteiger partial charge < -0.3 is 33.4 Å². The first-order valence-electron chi connectivity index (χ1n) is 13.0. The fourth-order valence-electron chi connectivity index (χ4n) is 4.86. The number of nitro groups is 1. The third-order valence-electron chi connectivity index (χ3n) is 7.85. The Kier molecular flexibility index (Phi) is 7.44. The lowest BCUT2D eigenvalue weighted by atomic mass is 9.94. The van der Waals surface area contributed by atoms with E-state index in [2.05, 4.69) is 39.2 Å². The minimum absolute atomic E-state index is 0.0891. The highest BCUT2D eigenvalue weighted by Gasteiger charge is 2.69. The van der Waals surface area contributed by atoms with Gasteiger partial charge in [-0.25, -0.2) is 0 Å². The highest BCUT2D eigenvalue weighted by atomic mass is 28.4. The number of rotatable bonds is 8. The Morgan fingerprint density at radius 3 is 2.18 bits per heavy atom. The van der Waals surface area contributed by atoms with Crippen molar-refractivity contribution in [3.8, 4) is 5.75 Å². The monoisotopic (exact) mass is 554 g/mol. The summed E-state index contributed by atoms with van der Waals surface area (Å²) in [4.78, 5) is 12.3. The maximum Gasteiger partial charge on any atom is 0.373 e. The van der Waals surface area contributed by atoms with Crippen LogP contribution < -0.4 is 10.1 Å². The second-order valence-corrected chi connectivity index (χ2v) is 17.4. The van der Waals surface area contributed by atoms with E-state index < -0.39 is 61.2 Å².